The van der Waals surface area contributed by atoms with E-state index in [2.05, 4.69) is 0 Å². The summed E-state index contributed by atoms with van der Waals surface area (Å²) in [5.74, 6) is 0.709. The molecule has 0 aliphatic heterocycles. The van der Waals surface area contributed by atoms with E-state index in [4.69, 9.17) is 9.47 Å². The fourth-order valence-electron chi connectivity index (χ4n) is 3.15. The fourth-order valence-corrected chi connectivity index (χ4v) is 3.15. The molecule has 0 spiro atoms. The zero-order valence-corrected chi connectivity index (χ0v) is 15.9. The number of halogens is 1. The van der Waals surface area contributed by atoms with E-state index >= 15 is 0 Å². The molecule has 27 heavy (non-hydrogen) atoms. The molecule has 0 N–H and O–H groups in total. The number of ketones is 1. The first-order chi connectivity index (χ1) is 12.9. The summed E-state index contributed by atoms with van der Waals surface area (Å²) in [6.45, 7) is 5.65. The van der Waals surface area contributed by atoms with Crippen molar-refractivity contribution in [3.05, 3.63) is 76.9 Å². The van der Waals surface area contributed by atoms with Crippen LogP contribution in [0.15, 0.2) is 48.5 Å². The van der Waals surface area contributed by atoms with E-state index in [0.717, 1.165) is 22.6 Å². The second-order valence-corrected chi connectivity index (χ2v) is 6.46. The summed E-state index contributed by atoms with van der Waals surface area (Å²) in [5.41, 5.74) is 4.14. The summed E-state index contributed by atoms with van der Waals surface area (Å²) in [4.78, 5) is 12.7. The van der Waals surface area contributed by atoms with E-state index in [1.165, 1.54) is 12.1 Å². The molecule has 0 aliphatic carbocycles. The van der Waals surface area contributed by atoms with Gasteiger partial charge in [-0.25, -0.2) is 4.39 Å². The van der Waals surface area contributed by atoms with Crippen molar-refractivity contribution in [2.24, 2.45) is 0 Å². The molecule has 3 rings (SSSR count). The van der Waals surface area contributed by atoms with Gasteiger partial charge in [-0.1, -0.05) is 6.07 Å². The van der Waals surface area contributed by atoms with E-state index < -0.39 is 0 Å². The number of rotatable bonds is 6. The molecule has 1 aromatic heterocycles. The lowest BCUT2D eigenvalue weighted by atomic mass is 10.1. The van der Waals surface area contributed by atoms with Crippen LogP contribution in [0, 0.1) is 26.6 Å². The van der Waals surface area contributed by atoms with Gasteiger partial charge in [0.25, 0.3) is 0 Å². The van der Waals surface area contributed by atoms with Gasteiger partial charge in [0.15, 0.2) is 18.1 Å². The molecule has 0 fully saturated rings. The Morgan fingerprint density at radius 3 is 2.37 bits per heavy atom. The highest BCUT2D eigenvalue weighted by Crippen LogP contribution is 2.28. The second kappa shape index (κ2) is 7.66. The molecule has 0 saturated carbocycles. The predicted molar refractivity (Wildman–Crippen MR) is 103 cm³/mol. The Morgan fingerprint density at radius 1 is 1.00 bits per heavy atom. The van der Waals surface area contributed by atoms with Gasteiger partial charge in [0.2, 0.25) is 5.78 Å². The Hall–Kier alpha value is -3.08. The highest BCUT2D eigenvalue weighted by molar-refractivity contribution is 5.98. The average molecular weight is 367 g/mol. The van der Waals surface area contributed by atoms with Crippen LogP contribution in [0.2, 0.25) is 0 Å². The molecule has 0 saturated heterocycles. The number of ether oxygens (including phenoxy) is 2. The van der Waals surface area contributed by atoms with Crippen molar-refractivity contribution in [1.82, 2.24) is 4.57 Å². The maximum atomic E-state index is 13.2. The number of aryl methyl sites for hydroxylation is 2. The summed E-state index contributed by atoms with van der Waals surface area (Å²) in [5, 5.41) is 0. The van der Waals surface area contributed by atoms with Crippen molar-refractivity contribution in [2.45, 2.75) is 20.8 Å². The van der Waals surface area contributed by atoms with Crippen LogP contribution in [0.25, 0.3) is 5.69 Å². The summed E-state index contributed by atoms with van der Waals surface area (Å²) in [7, 11) is 1.57. The van der Waals surface area contributed by atoms with Crippen molar-refractivity contribution in [3.8, 4) is 17.2 Å². The molecule has 0 atom stereocenters. The summed E-state index contributed by atoms with van der Waals surface area (Å²) in [6, 6.07) is 13.6. The van der Waals surface area contributed by atoms with E-state index in [1.807, 2.05) is 43.5 Å². The Bertz CT molecular complexity index is 974. The van der Waals surface area contributed by atoms with Gasteiger partial charge in [-0.15, -0.1) is 0 Å². The SMILES string of the molecule is COc1cc(C)ccc1OCC(=O)c1cc(C)n(-c2ccc(F)cc2)c1C. The van der Waals surface area contributed by atoms with Gasteiger partial charge in [0, 0.05) is 22.6 Å². The van der Waals surface area contributed by atoms with Gasteiger partial charge in [-0.05, 0) is 68.8 Å². The van der Waals surface area contributed by atoms with Crippen LogP contribution in [0.3, 0.4) is 0 Å². The van der Waals surface area contributed by atoms with Crippen LogP contribution < -0.4 is 9.47 Å². The summed E-state index contributed by atoms with van der Waals surface area (Å²) >= 11 is 0. The maximum Gasteiger partial charge on any atom is 0.202 e. The summed E-state index contributed by atoms with van der Waals surface area (Å²) in [6.07, 6.45) is 0. The molecule has 0 radical (unpaired) electrons. The minimum atomic E-state index is -0.294. The smallest absolute Gasteiger partial charge is 0.202 e. The number of carbonyl (C=O) groups is 1. The summed E-state index contributed by atoms with van der Waals surface area (Å²) < 4.78 is 26.1. The quantitative estimate of drug-likeness (QED) is 0.587. The lowest BCUT2D eigenvalue weighted by Crippen LogP contribution is -2.13. The fraction of sp³-hybridized carbons (Fsp3) is 0.227. The highest BCUT2D eigenvalue weighted by Gasteiger charge is 2.18. The Kier molecular flexibility index (Phi) is 5.31. The topological polar surface area (TPSA) is 40.5 Å². The van der Waals surface area contributed by atoms with Crippen molar-refractivity contribution in [3.63, 3.8) is 0 Å². The predicted octanol–water partition coefficient (Wildman–Crippen LogP) is 4.81. The van der Waals surface area contributed by atoms with Crippen LogP contribution in [0.1, 0.15) is 27.3 Å². The lowest BCUT2D eigenvalue weighted by molar-refractivity contribution is 0.0919. The van der Waals surface area contributed by atoms with Crippen LogP contribution in [-0.2, 0) is 0 Å². The van der Waals surface area contributed by atoms with Gasteiger partial charge < -0.3 is 14.0 Å². The number of hydrogen-bond donors (Lipinski definition) is 0. The molecule has 1 heterocycles. The Labute approximate surface area is 158 Å². The molecule has 0 aliphatic rings. The Balaban J connectivity index is 1.82. The standard InChI is InChI=1S/C22H22FNO3/c1-14-5-10-21(22(11-14)26-4)27-13-20(25)19-12-15(2)24(16(19)3)18-8-6-17(23)7-9-18/h5-12H,13H2,1-4H3. The van der Waals surface area contributed by atoms with Crippen LogP contribution in [-0.4, -0.2) is 24.1 Å². The monoisotopic (exact) mass is 367 g/mol. The largest absolute Gasteiger partial charge is 0.493 e. The third kappa shape index (κ3) is 3.87. The van der Waals surface area contributed by atoms with Gasteiger partial charge in [-0.3, -0.25) is 4.79 Å². The third-order valence-electron chi connectivity index (χ3n) is 4.49. The van der Waals surface area contributed by atoms with Crippen LogP contribution in [0.4, 0.5) is 4.39 Å². The number of nitrogens with zero attached hydrogens (tertiary/aromatic N) is 1. The van der Waals surface area contributed by atoms with E-state index in [9.17, 15) is 9.18 Å². The van der Waals surface area contributed by atoms with Gasteiger partial charge in [0.05, 0.1) is 7.11 Å². The molecule has 3 aromatic rings. The average Bonchev–Trinajstić information content (AvgIpc) is 2.95. The molecule has 2 aromatic carbocycles. The van der Waals surface area contributed by atoms with Gasteiger partial charge in [0.1, 0.15) is 5.82 Å². The van der Waals surface area contributed by atoms with Gasteiger partial charge in [-0.2, -0.15) is 0 Å². The number of Topliss-reactive ketones (excluding diaryl/α,β-unsaturated/α-hetero) is 1. The molecule has 5 heteroatoms. The zero-order chi connectivity index (χ0) is 19.6. The molecular weight excluding hydrogens is 345 g/mol. The molecule has 0 bridgehead atoms. The van der Waals surface area contributed by atoms with Crippen molar-refractivity contribution in [1.29, 1.82) is 0 Å². The van der Waals surface area contributed by atoms with Crippen molar-refractivity contribution >= 4 is 5.78 Å². The number of benzene rings is 2. The van der Waals surface area contributed by atoms with E-state index in [0.29, 0.717) is 17.1 Å². The molecular formula is C22H22FNO3. The first kappa shape index (κ1) is 18.7. The maximum absolute atomic E-state index is 13.2. The zero-order valence-electron chi connectivity index (χ0n) is 15.9. The Morgan fingerprint density at radius 2 is 1.70 bits per heavy atom. The normalized spacial score (nSPS) is 10.7. The number of carbonyl (C=O) groups excluding carboxylic acids is 1. The second-order valence-electron chi connectivity index (χ2n) is 6.46. The number of aromatic nitrogens is 1. The van der Waals surface area contributed by atoms with E-state index in [-0.39, 0.29) is 18.2 Å². The number of hydrogen-bond acceptors (Lipinski definition) is 3. The van der Waals surface area contributed by atoms with E-state index in [1.54, 1.807) is 25.3 Å². The molecule has 0 unspecified atom stereocenters. The first-order valence-electron chi connectivity index (χ1n) is 8.66. The van der Waals surface area contributed by atoms with Crippen molar-refractivity contribution in [2.75, 3.05) is 13.7 Å². The highest BCUT2D eigenvalue weighted by atomic mass is 19.1. The van der Waals surface area contributed by atoms with Crippen LogP contribution in [0.5, 0.6) is 11.5 Å². The lowest BCUT2D eigenvalue weighted by Gasteiger charge is -2.11. The molecule has 140 valence electrons. The first-order valence-corrected chi connectivity index (χ1v) is 8.66. The third-order valence-corrected chi connectivity index (χ3v) is 4.49. The molecule has 0 amide bonds. The molecule has 4 nitrogen and oxygen atoms in total. The number of methoxy groups -OCH3 is 1. The minimum absolute atomic E-state index is 0.0901. The van der Waals surface area contributed by atoms with Crippen LogP contribution >= 0.6 is 0 Å². The van der Waals surface area contributed by atoms with Gasteiger partial charge >= 0.3 is 0 Å². The van der Waals surface area contributed by atoms with Crippen molar-refractivity contribution < 1.29 is 18.7 Å². The minimum Gasteiger partial charge on any atom is -0.493 e.